The molecule has 5 heteroatoms. The number of rotatable bonds is 7. The fourth-order valence-electron chi connectivity index (χ4n) is 2.91. The molecule has 0 atom stereocenters. The van der Waals surface area contributed by atoms with E-state index in [1.165, 1.54) is 0 Å². The van der Waals surface area contributed by atoms with Gasteiger partial charge in [0.25, 0.3) is 0 Å². The number of nitrogens with zero attached hydrogens (tertiary/aromatic N) is 1. The number of carbonyl (C=O) groups excluding carboxylic acids is 1. The van der Waals surface area contributed by atoms with Crippen molar-refractivity contribution in [2.75, 3.05) is 14.2 Å². The fourth-order valence-corrected chi connectivity index (χ4v) is 2.91. The quantitative estimate of drug-likeness (QED) is 0.244. The Morgan fingerprint density at radius 2 is 1.63 bits per heavy atom. The van der Waals surface area contributed by atoms with Crippen LogP contribution in [0, 0.1) is 11.3 Å². The second kappa shape index (κ2) is 9.94. The topological polar surface area (TPSA) is 68.5 Å². The number of benzene rings is 3. The number of nitriles is 1. The van der Waals surface area contributed by atoms with Crippen LogP contribution in [0.1, 0.15) is 16.7 Å². The Morgan fingerprint density at radius 3 is 2.27 bits per heavy atom. The summed E-state index contributed by atoms with van der Waals surface area (Å²) in [6.07, 6.45) is 1.97. The summed E-state index contributed by atoms with van der Waals surface area (Å²) in [6.45, 7) is 0. The van der Waals surface area contributed by atoms with Gasteiger partial charge in [0.2, 0.25) is 0 Å². The van der Waals surface area contributed by atoms with Crippen LogP contribution >= 0.6 is 0 Å². The van der Waals surface area contributed by atoms with Crippen LogP contribution in [0.3, 0.4) is 0 Å². The Kier molecular flexibility index (Phi) is 6.86. The highest BCUT2D eigenvalue weighted by atomic mass is 16.5. The summed E-state index contributed by atoms with van der Waals surface area (Å²) in [7, 11) is 3.11. The molecule has 0 aliphatic carbocycles. The lowest BCUT2D eigenvalue weighted by Crippen LogP contribution is -2.11. The molecule has 0 saturated carbocycles. The number of hydrogen-bond acceptors (Lipinski definition) is 5. The summed E-state index contributed by atoms with van der Waals surface area (Å²) >= 11 is 0. The first-order valence-corrected chi connectivity index (χ1v) is 9.32. The van der Waals surface area contributed by atoms with E-state index in [2.05, 4.69) is 6.07 Å². The molecule has 0 fully saturated rings. The summed E-state index contributed by atoms with van der Waals surface area (Å²) in [5, 5.41) is 9.58. The van der Waals surface area contributed by atoms with Crippen molar-refractivity contribution in [1.29, 1.82) is 5.26 Å². The average molecular weight is 399 g/mol. The zero-order valence-corrected chi connectivity index (χ0v) is 16.8. The SMILES string of the molecule is COc1ccc(/C(C#N)=C\c2ccc(OC(=O)Cc3ccccc3)cc2)cc1OC. The van der Waals surface area contributed by atoms with Crippen LogP contribution in [0.5, 0.6) is 17.2 Å². The normalized spacial score (nSPS) is 10.8. The molecule has 0 N–H and O–H groups in total. The number of ether oxygens (including phenoxy) is 3. The lowest BCUT2D eigenvalue weighted by Gasteiger charge is -2.09. The van der Waals surface area contributed by atoms with Crippen molar-refractivity contribution >= 4 is 17.6 Å². The van der Waals surface area contributed by atoms with Crippen molar-refractivity contribution in [3.63, 3.8) is 0 Å². The first-order chi connectivity index (χ1) is 14.6. The van der Waals surface area contributed by atoms with Gasteiger partial charge >= 0.3 is 5.97 Å². The van der Waals surface area contributed by atoms with Gasteiger partial charge in [-0.2, -0.15) is 5.26 Å². The molecule has 3 rings (SSSR count). The molecule has 0 aromatic heterocycles. The summed E-state index contributed by atoms with van der Waals surface area (Å²) < 4.78 is 15.9. The first-order valence-electron chi connectivity index (χ1n) is 9.32. The van der Waals surface area contributed by atoms with E-state index in [9.17, 15) is 10.1 Å². The number of methoxy groups -OCH3 is 2. The van der Waals surface area contributed by atoms with Crippen molar-refractivity contribution < 1.29 is 19.0 Å². The third-order valence-electron chi connectivity index (χ3n) is 4.43. The maximum absolute atomic E-state index is 12.1. The van der Waals surface area contributed by atoms with Gasteiger partial charge in [-0.3, -0.25) is 4.79 Å². The van der Waals surface area contributed by atoms with Crippen LogP contribution in [-0.2, 0) is 11.2 Å². The van der Waals surface area contributed by atoms with E-state index in [0.29, 0.717) is 28.4 Å². The zero-order chi connectivity index (χ0) is 21.3. The third-order valence-corrected chi connectivity index (χ3v) is 4.43. The van der Waals surface area contributed by atoms with Crippen LogP contribution in [-0.4, -0.2) is 20.2 Å². The molecule has 150 valence electrons. The lowest BCUT2D eigenvalue weighted by atomic mass is 10.0. The number of carbonyl (C=O) groups is 1. The molecule has 0 aliphatic rings. The predicted octanol–water partition coefficient (Wildman–Crippen LogP) is 4.92. The van der Waals surface area contributed by atoms with Gasteiger partial charge in [-0.1, -0.05) is 42.5 Å². The number of allylic oxidation sites excluding steroid dienone is 1. The Morgan fingerprint density at radius 1 is 0.933 bits per heavy atom. The van der Waals surface area contributed by atoms with Crippen LogP contribution in [0.15, 0.2) is 72.8 Å². The first kappa shape index (κ1) is 20.7. The maximum atomic E-state index is 12.1. The van der Waals surface area contributed by atoms with E-state index in [1.54, 1.807) is 62.8 Å². The van der Waals surface area contributed by atoms with Gasteiger partial charge in [-0.05, 0) is 53.1 Å². The van der Waals surface area contributed by atoms with E-state index >= 15 is 0 Å². The minimum absolute atomic E-state index is 0.209. The Balaban J connectivity index is 1.72. The summed E-state index contributed by atoms with van der Waals surface area (Å²) in [5.74, 6) is 1.28. The van der Waals surface area contributed by atoms with Crippen LogP contribution in [0.2, 0.25) is 0 Å². The molecule has 0 heterocycles. The Bertz CT molecular complexity index is 1080. The average Bonchev–Trinajstić information content (AvgIpc) is 2.78. The highest BCUT2D eigenvalue weighted by Crippen LogP contribution is 2.31. The van der Waals surface area contributed by atoms with Crippen LogP contribution < -0.4 is 14.2 Å². The van der Waals surface area contributed by atoms with Gasteiger partial charge in [-0.15, -0.1) is 0 Å². The maximum Gasteiger partial charge on any atom is 0.315 e. The molecule has 0 aliphatic heterocycles. The van der Waals surface area contributed by atoms with Gasteiger partial charge < -0.3 is 14.2 Å². The number of hydrogen-bond donors (Lipinski definition) is 0. The monoisotopic (exact) mass is 399 g/mol. The van der Waals surface area contributed by atoms with E-state index in [1.807, 2.05) is 30.3 Å². The van der Waals surface area contributed by atoms with Crippen molar-refractivity contribution in [3.05, 3.63) is 89.5 Å². The smallest absolute Gasteiger partial charge is 0.315 e. The lowest BCUT2D eigenvalue weighted by molar-refractivity contribution is -0.133. The van der Waals surface area contributed by atoms with Gasteiger partial charge in [-0.25, -0.2) is 0 Å². The van der Waals surface area contributed by atoms with Crippen LogP contribution in [0.25, 0.3) is 11.6 Å². The summed E-state index contributed by atoms with van der Waals surface area (Å²) in [4.78, 5) is 12.1. The van der Waals surface area contributed by atoms with Crippen molar-refractivity contribution in [1.82, 2.24) is 0 Å². The number of esters is 1. The molecule has 0 radical (unpaired) electrons. The minimum Gasteiger partial charge on any atom is -0.493 e. The molecule has 3 aromatic carbocycles. The minimum atomic E-state index is -0.326. The predicted molar refractivity (Wildman–Crippen MR) is 115 cm³/mol. The van der Waals surface area contributed by atoms with E-state index in [0.717, 1.165) is 11.1 Å². The second-order valence-corrected chi connectivity index (χ2v) is 6.45. The molecular formula is C25H21NO4. The van der Waals surface area contributed by atoms with E-state index in [4.69, 9.17) is 14.2 Å². The van der Waals surface area contributed by atoms with E-state index in [-0.39, 0.29) is 12.4 Å². The molecule has 5 nitrogen and oxygen atoms in total. The third kappa shape index (κ3) is 5.27. The highest BCUT2D eigenvalue weighted by molar-refractivity contribution is 5.90. The highest BCUT2D eigenvalue weighted by Gasteiger charge is 2.09. The van der Waals surface area contributed by atoms with Crippen molar-refractivity contribution in [2.45, 2.75) is 6.42 Å². The van der Waals surface area contributed by atoms with E-state index < -0.39 is 0 Å². The fraction of sp³-hybridized carbons (Fsp3) is 0.120. The van der Waals surface area contributed by atoms with Gasteiger partial charge in [0.15, 0.2) is 11.5 Å². The molecule has 0 bridgehead atoms. The van der Waals surface area contributed by atoms with Crippen molar-refractivity contribution in [3.8, 4) is 23.3 Å². The zero-order valence-electron chi connectivity index (χ0n) is 16.8. The molecule has 0 saturated heterocycles. The second-order valence-electron chi connectivity index (χ2n) is 6.45. The Labute approximate surface area is 175 Å². The molecule has 0 unspecified atom stereocenters. The largest absolute Gasteiger partial charge is 0.493 e. The van der Waals surface area contributed by atoms with Gasteiger partial charge in [0.05, 0.1) is 32.3 Å². The molecule has 0 spiro atoms. The summed E-state index contributed by atoms with van der Waals surface area (Å²) in [6, 6.07) is 24.0. The molecule has 3 aromatic rings. The Hall–Kier alpha value is -4.04. The van der Waals surface area contributed by atoms with Gasteiger partial charge in [0.1, 0.15) is 5.75 Å². The summed E-state index contributed by atoms with van der Waals surface area (Å²) in [5.41, 5.74) is 2.90. The molecule has 0 amide bonds. The van der Waals surface area contributed by atoms with Crippen molar-refractivity contribution in [2.24, 2.45) is 0 Å². The van der Waals surface area contributed by atoms with Gasteiger partial charge in [0, 0.05) is 0 Å². The molecular weight excluding hydrogens is 378 g/mol. The van der Waals surface area contributed by atoms with Crippen LogP contribution in [0.4, 0.5) is 0 Å². The standard InChI is InChI=1S/C25H21NO4/c1-28-23-13-10-20(16-24(23)29-2)21(17-26)14-19-8-11-22(12-9-19)30-25(27)15-18-6-4-3-5-7-18/h3-14,16H,15H2,1-2H3/b21-14-. The molecule has 30 heavy (non-hydrogen) atoms.